The van der Waals surface area contributed by atoms with E-state index in [4.69, 9.17) is 22.5 Å². The van der Waals surface area contributed by atoms with Gasteiger partial charge < -0.3 is 16.3 Å². The zero-order valence-corrected chi connectivity index (χ0v) is 11.7. The van der Waals surface area contributed by atoms with E-state index < -0.39 is 5.54 Å². The van der Waals surface area contributed by atoms with Crippen LogP contribution in [0.15, 0.2) is 29.4 Å². The zero-order valence-electron chi connectivity index (χ0n) is 11.0. The molecule has 0 aliphatic heterocycles. The van der Waals surface area contributed by atoms with Gasteiger partial charge in [-0.3, -0.25) is 4.79 Å². The average molecular weight is 284 g/mol. The number of rotatable bonds is 5. The quantitative estimate of drug-likeness (QED) is 0.334. The van der Waals surface area contributed by atoms with Crippen molar-refractivity contribution in [3.8, 4) is 0 Å². The highest BCUT2D eigenvalue weighted by molar-refractivity contribution is 6.31. The molecule has 1 aromatic carbocycles. The highest BCUT2D eigenvalue weighted by Crippen LogP contribution is 2.16. The van der Waals surface area contributed by atoms with E-state index in [1.807, 2.05) is 13.0 Å². The van der Waals surface area contributed by atoms with Gasteiger partial charge in [-0.05, 0) is 25.0 Å². The van der Waals surface area contributed by atoms with Gasteiger partial charge in [-0.1, -0.05) is 41.9 Å². The molecule has 0 saturated heterocycles. The number of nitrogens with zero attached hydrogens (tertiary/aromatic N) is 1. The molecule has 1 rings (SSSR count). The molecule has 0 fully saturated rings. The van der Waals surface area contributed by atoms with E-state index in [1.54, 1.807) is 25.1 Å². The first-order chi connectivity index (χ1) is 8.92. The molecular weight excluding hydrogens is 266 g/mol. The summed E-state index contributed by atoms with van der Waals surface area (Å²) in [5.74, 6) is -0.258. The number of carbonyl (C=O) groups excluding carboxylic acids is 1. The molecule has 1 aromatic rings. The predicted octanol–water partition coefficient (Wildman–Crippen LogP) is 1.91. The smallest absolute Gasteiger partial charge is 0.225 e. The molecule has 19 heavy (non-hydrogen) atoms. The minimum Gasteiger partial charge on any atom is -0.409 e. The number of amides is 1. The second-order valence-electron chi connectivity index (χ2n) is 4.49. The Morgan fingerprint density at radius 2 is 2.16 bits per heavy atom. The lowest BCUT2D eigenvalue weighted by atomic mass is 9.97. The van der Waals surface area contributed by atoms with Gasteiger partial charge in [-0.2, -0.15) is 0 Å². The molecule has 6 heteroatoms. The van der Waals surface area contributed by atoms with E-state index in [2.05, 4.69) is 10.5 Å². The predicted molar refractivity (Wildman–Crippen MR) is 75.4 cm³/mol. The highest BCUT2D eigenvalue weighted by atomic mass is 35.5. The van der Waals surface area contributed by atoms with E-state index in [9.17, 15) is 4.79 Å². The molecule has 0 aliphatic rings. The first-order valence-electron chi connectivity index (χ1n) is 5.95. The minimum atomic E-state index is -0.868. The van der Waals surface area contributed by atoms with Crippen LogP contribution in [0, 0.1) is 0 Å². The molecule has 5 nitrogen and oxygen atoms in total. The molecule has 1 unspecified atom stereocenters. The number of oxime groups is 1. The molecule has 0 spiro atoms. The van der Waals surface area contributed by atoms with Crippen LogP contribution >= 0.6 is 11.6 Å². The molecule has 4 N–H and O–H groups in total. The Balaban J connectivity index is 2.78. The van der Waals surface area contributed by atoms with Gasteiger partial charge in [0.15, 0.2) is 5.84 Å². The summed E-state index contributed by atoms with van der Waals surface area (Å²) in [6.07, 6.45) is 0.658. The Labute approximate surface area is 117 Å². The fourth-order valence-corrected chi connectivity index (χ4v) is 1.81. The molecule has 1 atom stereocenters. The molecular formula is C13H18ClN3O2. The first-order valence-corrected chi connectivity index (χ1v) is 6.33. The Hall–Kier alpha value is -1.75. The Morgan fingerprint density at radius 1 is 1.53 bits per heavy atom. The van der Waals surface area contributed by atoms with Gasteiger partial charge >= 0.3 is 0 Å². The van der Waals surface area contributed by atoms with E-state index >= 15 is 0 Å². The SMILES string of the molecule is CCC(C)(NC(=O)Cc1ccccc1Cl)/C(N)=N/O. The molecule has 0 aromatic heterocycles. The maximum absolute atomic E-state index is 12.0. The van der Waals surface area contributed by atoms with Crippen molar-refractivity contribution in [2.75, 3.05) is 0 Å². The lowest BCUT2D eigenvalue weighted by molar-refractivity contribution is -0.121. The highest BCUT2D eigenvalue weighted by Gasteiger charge is 2.29. The summed E-state index contributed by atoms with van der Waals surface area (Å²) in [5, 5.41) is 15.0. The van der Waals surface area contributed by atoms with Crippen molar-refractivity contribution in [3.05, 3.63) is 34.9 Å². The zero-order chi connectivity index (χ0) is 14.5. The van der Waals surface area contributed by atoms with Gasteiger partial charge in [-0.15, -0.1) is 0 Å². The number of hydrogen-bond acceptors (Lipinski definition) is 3. The third-order valence-corrected chi connectivity index (χ3v) is 3.47. The van der Waals surface area contributed by atoms with Crippen LogP contribution in [0.2, 0.25) is 5.02 Å². The summed E-state index contributed by atoms with van der Waals surface area (Å²) in [4.78, 5) is 12.0. The van der Waals surface area contributed by atoms with E-state index in [1.165, 1.54) is 0 Å². The lowest BCUT2D eigenvalue weighted by Crippen LogP contribution is -2.55. The second-order valence-corrected chi connectivity index (χ2v) is 4.89. The van der Waals surface area contributed by atoms with Crippen LogP contribution in [-0.4, -0.2) is 22.5 Å². The molecule has 0 heterocycles. The van der Waals surface area contributed by atoms with Gasteiger partial charge in [0.2, 0.25) is 5.91 Å². The van der Waals surface area contributed by atoms with E-state index in [0.29, 0.717) is 11.4 Å². The minimum absolute atomic E-state index is 0.0255. The maximum atomic E-state index is 12.0. The van der Waals surface area contributed by atoms with E-state index in [-0.39, 0.29) is 18.2 Å². The number of halogens is 1. The van der Waals surface area contributed by atoms with Crippen LogP contribution in [0.5, 0.6) is 0 Å². The van der Waals surface area contributed by atoms with Gasteiger partial charge in [0.05, 0.1) is 12.0 Å². The third kappa shape index (κ3) is 3.86. The summed E-state index contributed by atoms with van der Waals surface area (Å²) in [6.45, 7) is 3.54. The monoisotopic (exact) mass is 283 g/mol. The van der Waals surface area contributed by atoms with Gasteiger partial charge in [0.1, 0.15) is 0 Å². The Bertz CT molecular complexity index is 491. The largest absolute Gasteiger partial charge is 0.409 e. The van der Waals surface area contributed by atoms with Crippen molar-refractivity contribution in [1.29, 1.82) is 0 Å². The lowest BCUT2D eigenvalue weighted by Gasteiger charge is -2.28. The Morgan fingerprint density at radius 3 is 2.68 bits per heavy atom. The number of nitrogens with two attached hydrogens (primary N) is 1. The van der Waals surface area contributed by atoms with E-state index in [0.717, 1.165) is 5.56 Å². The fourth-order valence-electron chi connectivity index (χ4n) is 1.61. The molecule has 104 valence electrons. The van der Waals surface area contributed by atoms with Crippen LogP contribution in [-0.2, 0) is 11.2 Å². The first kappa shape index (κ1) is 15.3. The normalized spacial score (nSPS) is 14.8. The molecule has 0 saturated carbocycles. The van der Waals surface area contributed by atoms with Crippen molar-refractivity contribution in [1.82, 2.24) is 5.32 Å². The summed E-state index contributed by atoms with van der Waals surface area (Å²) in [7, 11) is 0. The summed E-state index contributed by atoms with van der Waals surface area (Å²) >= 11 is 5.99. The van der Waals surface area contributed by atoms with Crippen molar-refractivity contribution < 1.29 is 10.0 Å². The summed E-state index contributed by atoms with van der Waals surface area (Å²) in [5.41, 5.74) is 5.46. The van der Waals surface area contributed by atoms with Crippen LogP contribution in [0.1, 0.15) is 25.8 Å². The number of hydrogen-bond donors (Lipinski definition) is 3. The summed E-state index contributed by atoms with van der Waals surface area (Å²) < 4.78 is 0. The van der Waals surface area contributed by atoms with Crippen LogP contribution in [0.3, 0.4) is 0 Å². The fraction of sp³-hybridized carbons (Fsp3) is 0.385. The van der Waals surface area contributed by atoms with Crippen molar-refractivity contribution >= 4 is 23.3 Å². The maximum Gasteiger partial charge on any atom is 0.225 e. The van der Waals surface area contributed by atoms with Crippen molar-refractivity contribution in [2.24, 2.45) is 10.9 Å². The number of nitrogens with one attached hydrogen (secondary N) is 1. The second kappa shape index (κ2) is 6.43. The summed E-state index contributed by atoms with van der Waals surface area (Å²) in [6, 6.07) is 7.13. The van der Waals surface area contributed by atoms with Gasteiger partial charge in [0.25, 0.3) is 0 Å². The van der Waals surface area contributed by atoms with Gasteiger partial charge in [0, 0.05) is 5.02 Å². The molecule has 0 radical (unpaired) electrons. The molecule has 0 bridgehead atoms. The molecule has 0 aliphatic carbocycles. The van der Waals surface area contributed by atoms with Crippen molar-refractivity contribution in [2.45, 2.75) is 32.2 Å². The van der Waals surface area contributed by atoms with Crippen LogP contribution in [0.4, 0.5) is 0 Å². The number of carbonyl (C=O) groups is 1. The number of amidine groups is 1. The number of benzene rings is 1. The standard InChI is InChI=1S/C13H18ClN3O2/c1-3-13(2,12(15)17-19)16-11(18)8-9-6-4-5-7-10(9)14/h4-7,19H,3,8H2,1-2H3,(H2,15,17)(H,16,18). The Kier molecular flexibility index (Phi) is 5.18. The van der Waals surface area contributed by atoms with Crippen LogP contribution < -0.4 is 11.1 Å². The van der Waals surface area contributed by atoms with Gasteiger partial charge in [-0.25, -0.2) is 0 Å². The topological polar surface area (TPSA) is 87.7 Å². The van der Waals surface area contributed by atoms with Crippen molar-refractivity contribution in [3.63, 3.8) is 0 Å². The third-order valence-electron chi connectivity index (χ3n) is 3.10. The van der Waals surface area contributed by atoms with Crippen LogP contribution in [0.25, 0.3) is 0 Å². The molecule has 1 amide bonds. The average Bonchev–Trinajstić information content (AvgIpc) is 2.40.